The molecule has 0 spiro atoms. The number of fused-ring (bicyclic) bond motifs is 1. The lowest BCUT2D eigenvalue weighted by atomic mass is 9.90. The molecule has 0 saturated carbocycles. The number of nitrogens with zero attached hydrogens (tertiary/aromatic N) is 1. The summed E-state index contributed by atoms with van der Waals surface area (Å²) in [6, 6.07) is 9.64. The second-order valence-corrected chi connectivity index (χ2v) is 6.59. The van der Waals surface area contributed by atoms with E-state index >= 15 is 0 Å². The zero-order chi connectivity index (χ0) is 21.0. The number of rotatable bonds is 6. The Morgan fingerprint density at radius 1 is 1.07 bits per heavy atom. The number of hydrogen-bond acceptors (Lipinski definition) is 5. The number of methoxy groups -OCH3 is 3. The van der Waals surface area contributed by atoms with Gasteiger partial charge in [0.15, 0.2) is 11.5 Å². The monoisotopic (exact) mass is 400 g/mol. The number of aliphatic carboxylic acids is 1. The summed E-state index contributed by atoms with van der Waals surface area (Å²) in [6.45, 7) is 0.376. The lowest BCUT2D eigenvalue weighted by molar-refractivity contribution is -0.138. The molecule has 0 bridgehead atoms. The van der Waals surface area contributed by atoms with Gasteiger partial charge in [0.1, 0.15) is 5.75 Å². The molecule has 8 nitrogen and oxygen atoms in total. The van der Waals surface area contributed by atoms with E-state index in [9.17, 15) is 14.7 Å². The van der Waals surface area contributed by atoms with Crippen LogP contribution in [0, 0.1) is 0 Å². The van der Waals surface area contributed by atoms with Gasteiger partial charge >= 0.3 is 12.0 Å². The van der Waals surface area contributed by atoms with Gasteiger partial charge < -0.3 is 29.5 Å². The van der Waals surface area contributed by atoms with Crippen LogP contribution in [0.25, 0.3) is 0 Å². The maximum absolute atomic E-state index is 13.0. The molecule has 1 aliphatic heterocycles. The third-order valence-electron chi connectivity index (χ3n) is 4.98. The van der Waals surface area contributed by atoms with E-state index in [1.165, 1.54) is 19.1 Å². The molecule has 2 aromatic rings. The maximum Gasteiger partial charge on any atom is 0.322 e. The lowest BCUT2D eigenvalue weighted by Crippen LogP contribution is -2.43. The molecule has 0 aromatic heterocycles. The van der Waals surface area contributed by atoms with Crippen LogP contribution in [0.15, 0.2) is 36.4 Å². The number of carbonyl (C=O) groups excluding carboxylic acids is 1. The van der Waals surface area contributed by atoms with Crippen LogP contribution < -0.4 is 19.5 Å². The average molecular weight is 400 g/mol. The highest BCUT2D eigenvalue weighted by Crippen LogP contribution is 2.40. The van der Waals surface area contributed by atoms with Crippen molar-refractivity contribution in [2.45, 2.75) is 18.9 Å². The largest absolute Gasteiger partial charge is 0.495 e. The number of amides is 2. The molecular formula is C21H24N2O6. The quantitative estimate of drug-likeness (QED) is 0.772. The minimum absolute atomic E-state index is 0.220. The zero-order valence-electron chi connectivity index (χ0n) is 16.6. The van der Waals surface area contributed by atoms with Crippen molar-refractivity contribution in [3.8, 4) is 17.2 Å². The predicted molar refractivity (Wildman–Crippen MR) is 107 cm³/mol. The first-order chi connectivity index (χ1) is 14.0. The molecule has 3 rings (SSSR count). The fourth-order valence-corrected chi connectivity index (χ4v) is 3.59. The number of nitrogens with one attached hydrogen (secondary N) is 1. The van der Waals surface area contributed by atoms with Crippen LogP contribution in [-0.2, 0) is 11.2 Å². The summed E-state index contributed by atoms with van der Waals surface area (Å²) in [5.74, 6) is 0.605. The summed E-state index contributed by atoms with van der Waals surface area (Å²) >= 11 is 0. The van der Waals surface area contributed by atoms with E-state index in [4.69, 9.17) is 14.2 Å². The van der Waals surface area contributed by atoms with Gasteiger partial charge in [-0.1, -0.05) is 12.1 Å². The molecule has 0 radical (unpaired) electrons. The molecule has 154 valence electrons. The predicted octanol–water partition coefficient (Wildman–Crippen LogP) is 3.32. The molecule has 0 saturated heterocycles. The summed E-state index contributed by atoms with van der Waals surface area (Å²) in [6.07, 6.45) is 0.354. The number of para-hydroxylation sites is 2. The van der Waals surface area contributed by atoms with Crippen molar-refractivity contribution in [2.24, 2.45) is 0 Å². The minimum Gasteiger partial charge on any atom is -0.495 e. The Morgan fingerprint density at radius 3 is 2.38 bits per heavy atom. The summed E-state index contributed by atoms with van der Waals surface area (Å²) < 4.78 is 16.0. The molecule has 1 heterocycles. The Balaban J connectivity index is 1.95. The molecule has 8 heteroatoms. The van der Waals surface area contributed by atoms with Crippen LogP contribution in [-0.4, -0.2) is 49.9 Å². The highest BCUT2D eigenvalue weighted by atomic mass is 16.5. The van der Waals surface area contributed by atoms with Gasteiger partial charge in [0.25, 0.3) is 0 Å². The Labute approximate surface area is 169 Å². The van der Waals surface area contributed by atoms with Crippen molar-refractivity contribution in [2.75, 3.05) is 33.2 Å². The van der Waals surface area contributed by atoms with E-state index in [2.05, 4.69) is 5.32 Å². The van der Waals surface area contributed by atoms with E-state index in [-0.39, 0.29) is 12.5 Å². The number of anilines is 1. The van der Waals surface area contributed by atoms with Crippen LogP contribution in [0.5, 0.6) is 17.2 Å². The topological polar surface area (TPSA) is 97.3 Å². The number of carbonyl (C=O) groups is 2. The van der Waals surface area contributed by atoms with Crippen molar-refractivity contribution in [1.82, 2.24) is 4.90 Å². The number of benzene rings is 2. The van der Waals surface area contributed by atoms with Crippen molar-refractivity contribution in [3.05, 3.63) is 47.5 Å². The van der Waals surface area contributed by atoms with Crippen molar-refractivity contribution < 1.29 is 28.9 Å². The van der Waals surface area contributed by atoms with E-state index in [0.717, 1.165) is 11.1 Å². The third kappa shape index (κ3) is 4.21. The van der Waals surface area contributed by atoms with Gasteiger partial charge in [-0.3, -0.25) is 4.79 Å². The number of carboxylic acids is 1. The second kappa shape index (κ2) is 8.72. The number of carboxylic acid groups (broad SMARTS) is 1. The number of hydrogen-bond donors (Lipinski definition) is 2. The molecule has 2 N–H and O–H groups in total. The van der Waals surface area contributed by atoms with Gasteiger partial charge in [-0.05, 0) is 41.8 Å². The first-order valence-electron chi connectivity index (χ1n) is 9.15. The van der Waals surface area contributed by atoms with Crippen LogP contribution in [0.4, 0.5) is 10.5 Å². The molecule has 29 heavy (non-hydrogen) atoms. The Morgan fingerprint density at radius 2 is 1.72 bits per heavy atom. The van der Waals surface area contributed by atoms with Gasteiger partial charge in [0.2, 0.25) is 0 Å². The molecule has 1 aliphatic rings. The Kier molecular flexibility index (Phi) is 6.11. The molecule has 0 fully saturated rings. The highest BCUT2D eigenvalue weighted by molar-refractivity contribution is 5.91. The van der Waals surface area contributed by atoms with Crippen molar-refractivity contribution in [1.29, 1.82) is 0 Å². The van der Waals surface area contributed by atoms with E-state index in [0.29, 0.717) is 35.9 Å². The van der Waals surface area contributed by atoms with E-state index in [1.54, 1.807) is 37.4 Å². The third-order valence-corrected chi connectivity index (χ3v) is 4.98. The van der Waals surface area contributed by atoms with Gasteiger partial charge in [-0.15, -0.1) is 0 Å². The minimum atomic E-state index is -0.993. The summed E-state index contributed by atoms with van der Waals surface area (Å²) in [5, 5.41) is 12.3. The van der Waals surface area contributed by atoms with Crippen LogP contribution in [0.2, 0.25) is 0 Å². The molecule has 1 atom stereocenters. The van der Waals surface area contributed by atoms with Crippen LogP contribution in [0.1, 0.15) is 23.6 Å². The Bertz CT molecular complexity index is 914. The van der Waals surface area contributed by atoms with Gasteiger partial charge in [0, 0.05) is 6.54 Å². The number of ether oxygens (including phenoxy) is 3. The normalized spacial score (nSPS) is 15.3. The fourth-order valence-electron chi connectivity index (χ4n) is 3.59. The Hall–Kier alpha value is -3.42. The van der Waals surface area contributed by atoms with E-state index in [1.807, 2.05) is 6.07 Å². The first-order valence-corrected chi connectivity index (χ1v) is 9.15. The highest BCUT2D eigenvalue weighted by Gasteiger charge is 2.34. The zero-order valence-corrected chi connectivity index (χ0v) is 16.6. The standard InChI is InChI=1S/C21H24N2O6/c1-27-17-7-5-4-6-15(17)22-21(26)23-9-8-13-10-18(28-2)19(29-3)11-14(13)16(23)12-20(24)25/h4-7,10-11,16H,8-9,12H2,1-3H3,(H,22,26)(H,24,25)/t16-/m1/s1. The van der Waals surface area contributed by atoms with Crippen molar-refractivity contribution in [3.63, 3.8) is 0 Å². The van der Waals surface area contributed by atoms with Gasteiger partial charge in [-0.25, -0.2) is 4.79 Å². The van der Waals surface area contributed by atoms with Crippen LogP contribution >= 0.6 is 0 Å². The van der Waals surface area contributed by atoms with E-state index < -0.39 is 12.0 Å². The lowest BCUT2D eigenvalue weighted by Gasteiger charge is -2.37. The van der Waals surface area contributed by atoms with Crippen LogP contribution in [0.3, 0.4) is 0 Å². The maximum atomic E-state index is 13.0. The summed E-state index contributed by atoms with van der Waals surface area (Å²) in [4.78, 5) is 26.1. The number of urea groups is 1. The summed E-state index contributed by atoms with van der Waals surface area (Å²) in [7, 11) is 4.59. The molecular weight excluding hydrogens is 376 g/mol. The molecule has 0 aliphatic carbocycles. The van der Waals surface area contributed by atoms with Gasteiger partial charge in [0.05, 0.1) is 39.5 Å². The van der Waals surface area contributed by atoms with Gasteiger partial charge in [-0.2, -0.15) is 0 Å². The van der Waals surface area contributed by atoms with Crippen molar-refractivity contribution >= 4 is 17.7 Å². The second-order valence-electron chi connectivity index (χ2n) is 6.59. The first kappa shape index (κ1) is 20.3. The molecule has 0 unspecified atom stereocenters. The average Bonchev–Trinajstić information content (AvgIpc) is 2.72. The summed E-state index contributed by atoms with van der Waals surface area (Å²) in [5.41, 5.74) is 2.20. The molecule has 2 amide bonds. The fraction of sp³-hybridized carbons (Fsp3) is 0.333. The molecule has 2 aromatic carbocycles. The SMILES string of the molecule is COc1ccccc1NC(=O)N1CCc2cc(OC)c(OC)cc2[C@H]1CC(=O)O. The smallest absolute Gasteiger partial charge is 0.322 e.